The first-order chi connectivity index (χ1) is 9.83. The molecule has 116 valence electrons. The third-order valence-electron chi connectivity index (χ3n) is 3.17. The molecule has 1 amide bonds. The summed E-state index contributed by atoms with van der Waals surface area (Å²) in [6.45, 7) is 5.01. The van der Waals surface area contributed by atoms with Crippen molar-refractivity contribution in [2.24, 2.45) is 0 Å². The zero-order valence-corrected chi connectivity index (χ0v) is 12.4. The van der Waals surface area contributed by atoms with E-state index < -0.39 is 24.7 Å². The maximum atomic E-state index is 13.8. The Labute approximate surface area is 123 Å². The van der Waals surface area contributed by atoms with Crippen molar-refractivity contribution in [3.8, 4) is 0 Å². The molecule has 1 aromatic rings. The monoisotopic (exact) mass is 297 g/mol. The molecule has 1 heterocycles. The highest BCUT2D eigenvalue weighted by atomic mass is 19.1. The Morgan fingerprint density at radius 2 is 2.19 bits per heavy atom. The van der Waals surface area contributed by atoms with Gasteiger partial charge in [0.1, 0.15) is 18.2 Å². The number of hydrogen-bond donors (Lipinski definition) is 1. The highest BCUT2D eigenvalue weighted by molar-refractivity contribution is 5.69. The molecule has 0 aromatic heterocycles. The van der Waals surface area contributed by atoms with Crippen LogP contribution in [0.25, 0.3) is 0 Å². The van der Waals surface area contributed by atoms with E-state index in [0.717, 1.165) is 0 Å². The summed E-state index contributed by atoms with van der Waals surface area (Å²) in [5.41, 5.74) is 0.417. The number of rotatable bonds is 2. The lowest BCUT2D eigenvalue weighted by molar-refractivity contribution is -0.123. The number of hydrogen-bond acceptors (Lipinski definition) is 4. The van der Waals surface area contributed by atoms with Gasteiger partial charge in [-0.25, -0.2) is 9.18 Å². The Hall–Kier alpha value is -1.66. The van der Waals surface area contributed by atoms with E-state index in [2.05, 4.69) is 0 Å². The first-order valence-electron chi connectivity index (χ1n) is 6.83. The predicted octanol–water partition coefficient (Wildman–Crippen LogP) is 2.58. The number of carbonyl (C=O) groups excluding carboxylic acids is 1. The van der Waals surface area contributed by atoms with E-state index in [0.29, 0.717) is 17.5 Å². The fourth-order valence-corrected chi connectivity index (χ4v) is 2.35. The van der Waals surface area contributed by atoms with Crippen LogP contribution in [-0.2, 0) is 15.9 Å². The van der Waals surface area contributed by atoms with Crippen molar-refractivity contribution >= 4 is 6.09 Å². The van der Waals surface area contributed by atoms with Crippen LogP contribution in [0.4, 0.5) is 9.18 Å². The van der Waals surface area contributed by atoms with Crippen LogP contribution in [0.3, 0.4) is 0 Å². The van der Waals surface area contributed by atoms with Gasteiger partial charge in [-0.15, -0.1) is 0 Å². The SMILES string of the molecule is CC(C)(C)OC(=O)N1CCc2c(F)cccc2C1OCO. The average Bonchev–Trinajstić information content (AvgIpc) is 2.38. The standard InChI is InChI=1S/C15H20FNO4/c1-15(2,3)21-14(19)17-8-7-10-11(13(17)20-9-18)5-4-6-12(10)16/h4-6,13,18H,7-9H2,1-3H3. The van der Waals surface area contributed by atoms with E-state index in [1.165, 1.54) is 11.0 Å². The Bertz CT molecular complexity index is 527. The zero-order valence-electron chi connectivity index (χ0n) is 12.4. The van der Waals surface area contributed by atoms with Crippen LogP contribution in [0.2, 0.25) is 0 Å². The molecule has 0 saturated heterocycles. The fourth-order valence-electron chi connectivity index (χ4n) is 2.35. The molecule has 1 N–H and O–H groups in total. The van der Waals surface area contributed by atoms with E-state index in [9.17, 15) is 9.18 Å². The summed E-state index contributed by atoms with van der Waals surface area (Å²) < 4.78 is 24.4. The van der Waals surface area contributed by atoms with Crippen LogP contribution >= 0.6 is 0 Å². The Kier molecular flexibility index (Phi) is 4.49. The summed E-state index contributed by atoms with van der Waals surface area (Å²) >= 11 is 0. The van der Waals surface area contributed by atoms with Gasteiger partial charge in [-0.1, -0.05) is 12.1 Å². The van der Waals surface area contributed by atoms with E-state index in [4.69, 9.17) is 14.6 Å². The molecule has 1 aliphatic heterocycles. The van der Waals surface area contributed by atoms with Gasteiger partial charge in [-0.2, -0.15) is 0 Å². The van der Waals surface area contributed by atoms with Crippen molar-refractivity contribution in [3.05, 3.63) is 35.1 Å². The average molecular weight is 297 g/mol. The summed E-state index contributed by atoms with van der Waals surface area (Å²) in [4.78, 5) is 13.6. The normalized spacial score (nSPS) is 18.3. The minimum absolute atomic E-state index is 0.271. The molecule has 0 radical (unpaired) electrons. The summed E-state index contributed by atoms with van der Waals surface area (Å²) in [5.74, 6) is -0.331. The maximum Gasteiger partial charge on any atom is 0.412 e. The van der Waals surface area contributed by atoms with Crippen LogP contribution in [0.1, 0.15) is 38.1 Å². The van der Waals surface area contributed by atoms with Crippen LogP contribution in [0.15, 0.2) is 18.2 Å². The predicted molar refractivity (Wildman–Crippen MR) is 74.0 cm³/mol. The van der Waals surface area contributed by atoms with E-state index in [1.54, 1.807) is 32.9 Å². The van der Waals surface area contributed by atoms with E-state index in [1.807, 2.05) is 0 Å². The molecule has 21 heavy (non-hydrogen) atoms. The van der Waals surface area contributed by atoms with Crippen molar-refractivity contribution in [1.82, 2.24) is 4.90 Å². The molecule has 5 nitrogen and oxygen atoms in total. The number of aliphatic hydroxyl groups is 1. The number of aliphatic hydroxyl groups excluding tert-OH is 1. The van der Waals surface area contributed by atoms with Gasteiger partial charge < -0.3 is 14.6 Å². The summed E-state index contributed by atoms with van der Waals surface area (Å²) in [7, 11) is 0. The lowest BCUT2D eigenvalue weighted by Gasteiger charge is -2.37. The third-order valence-corrected chi connectivity index (χ3v) is 3.17. The Morgan fingerprint density at radius 1 is 1.48 bits per heavy atom. The van der Waals surface area contributed by atoms with Crippen LogP contribution in [0, 0.1) is 5.82 Å². The molecule has 0 fully saturated rings. The van der Waals surface area contributed by atoms with Crippen molar-refractivity contribution in [3.63, 3.8) is 0 Å². The molecule has 2 rings (SSSR count). The second-order valence-electron chi connectivity index (χ2n) is 5.88. The van der Waals surface area contributed by atoms with Gasteiger partial charge in [0.05, 0.1) is 0 Å². The number of halogens is 1. The smallest absolute Gasteiger partial charge is 0.412 e. The zero-order chi connectivity index (χ0) is 15.6. The molecular weight excluding hydrogens is 277 g/mol. The van der Waals surface area contributed by atoms with Gasteiger partial charge in [-0.05, 0) is 38.8 Å². The first-order valence-corrected chi connectivity index (χ1v) is 6.83. The Morgan fingerprint density at radius 3 is 2.81 bits per heavy atom. The van der Waals surface area contributed by atoms with Gasteiger partial charge in [-0.3, -0.25) is 4.90 Å². The highest BCUT2D eigenvalue weighted by Crippen LogP contribution is 2.33. The van der Waals surface area contributed by atoms with Gasteiger partial charge in [0.25, 0.3) is 0 Å². The van der Waals surface area contributed by atoms with E-state index in [-0.39, 0.29) is 12.4 Å². The molecule has 1 aromatic carbocycles. The van der Waals surface area contributed by atoms with Gasteiger partial charge >= 0.3 is 6.09 Å². The molecule has 1 unspecified atom stereocenters. The van der Waals surface area contributed by atoms with Gasteiger partial charge in [0.15, 0.2) is 6.23 Å². The number of ether oxygens (including phenoxy) is 2. The number of nitrogens with zero attached hydrogens (tertiary/aromatic N) is 1. The minimum Gasteiger partial charge on any atom is -0.444 e. The third kappa shape index (κ3) is 3.51. The highest BCUT2D eigenvalue weighted by Gasteiger charge is 2.35. The molecular formula is C15H20FNO4. The molecule has 0 saturated carbocycles. The molecule has 0 bridgehead atoms. The van der Waals surface area contributed by atoms with Crippen molar-refractivity contribution in [2.45, 2.75) is 39.0 Å². The summed E-state index contributed by atoms with van der Waals surface area (Å²) in [6.07, 6.45) is -1.01. The summed E-state index contributed by atoms with van der Waals surface area (Å²) in [5, 5.41) is 9.05. The second kappa shape index (κ2) is 5.99. The molecule has 0 spiro atoms. The van der Waals surface area contributed by atoms with Crippen LogP contribution in [0.5, 0.6) is 0 Å². The molecule has 1 aliphatic rings. The number of carbonyl (C=O) groups is 1. The van der Waals surface area contributed by atoms with E-state index >= 15 is 0 Å². The molecule has 6 heteroatoms. The number of amides is 1. The quantitative estimate of drug-likeness (QED) is 0.852. The van der Waals surface area contributed by atoms with Crippen LogP contribution < -0.4 is 0 Å². The first kappa shape index (κ1) is 15.7. The summed E-state index contributed by atoms with van der Waals surface area (Å²) in [6, 6.07) is 4.62. The van der Waals surface area contributed by atoms with Crippen molar-refractivity contribution in [1.29, 1.82) is 0 Å². The van der Waals surface area contributed by atoms with Crippen molar-refractivity contribution < 1.29 is 23.8 Å². The topological polar surface area (TPSA) is 59.0 Å². The van der Waals surface area contributed by atoms with Crippen LogP contribution in [-0.4, -0.2) is 35.0 Å². The number of benzene rings is 1. The van der Waals surface area contributed by atoms with Gasteiger partial charge in [0.2, 0.25) is 0 Å². The lowest BCUT2D eigenvalue weighted by atomic mass is 9.98. The van der Waals surface area contributed by atoms with Gasteiger partial charge in [0, 0.05) is 12.1 Å². The minimum atomic E-state index is -0.843. The molecule has 0 aliphatic carbocycles. The number of fused-ring (bicyclic) bond motifs is 1. The Balaban J connectivity index is 2.30. The van der Waals surface area contributed by atoms with Crippen molar-refractivity contribution in [2.75, 3.05) is 13.3 Å². The largest absolute Gasteiger partial charge is 0.444 e. The maximum absolute atomic E-state index is 13.8. The second-order valence-corrected chi connectivity index (χ2v) is 5.88. The lowest BCUT2D eigenvalue weighted by Crippen LogP contribution is -2.44. The molecule has 1 atom stereocenters. The fraction of sp³-hybridized carbons (Fsp3) is 0.533.